The van der Waals surface area contributed by atoms with Crippen LogP contribution in [0.3, 0.4) is 0 Å². The van der Waals surface area contributed by atoms with E-state index in [-0.39, 0.29) is 36.3 Å². The Labute approximate surface area is 198 Å². The van der Waals surface area contributed by atoms with E-state index in [4.69, 9.17) is 27.9 Å². The molecule has 2 aliphatic rings. The molecule has 1 N–H and O–H groups in total. The molecule has 0 radical (unpaired) electrons. The second-order valence-corrected chi connectivity index (χ2v) is 9.04. The molecule has 168 valence electrons. The fourth-order valence-corrected chi connectivity index (χ4v) is 4.62. The number of amides is 2. The van der Waals surface area contributed by atoms with E-state index in [0.29, 0.717) is 23.0 Å². The number of rotatable bonds is 6. The minimum Gasteiger partial charge on any atom is -0.482 e. The molecule has 1 heterocycles. The number of hydrogen-bond donors (Lipinski definition) is 1. The highest BCUT2D eigenvalue weighted by Crippen LogP contribution is 2.33. The minimum atomic E-state index is -0.263. The third-order valence-corrected chi connectivity index (χ3v) is 6.57. The van der Waals surface area contributed by atoms with Gasteiger partial charge in [0, 0.05) is 16.6 Å². The van der Waals surface area contributed by atoms with Gasteiger partial charge in [0.25, 0.3) is 5.91 Å². The maximum absolute atomic E-state index is 13.3. The van der Waals surface area contributed by atoms with Gasteiger partial charge in [0.2, 0.25) is 5.91 Å². The number of nitrogens with one attached hydrogen (secondary N) is 1. The van der Waals surface area contributed by atoms with Gasteiger partial charge in [-0.3, -0.25) is 9.59 Å². The van der Waals surface area contributed by atoms with E-state index < -0.39 is 0 Å². The Morgan fingerprint density at radius 1 is 1.09 bits per heavy atom. The van der Waals surface area contributed by atoms with Crippen molar-refractivity contribution in [2.75, 3.05) is 13.1 Å². The Morgan fingerprint density at radius 3 is 2.62 bits per heavy atom. The Balaban J connectivity index is 1.44. The number of fused-ring (bicyclic) bond motifs is 1. The topological polar surface area (TPSA) is 58.6 Å². The lowest BCUT2D eigenvalue weighted by Crippen LogP contribution is -2.57. The summed E-state index contributed by atoms with van der Waals surface area (Å²) in [4.78, 5) is 27.6. The van der Waals surface area contributed by atoms with Gasteiger partial charge in [-0.1, -0.05) is 60.0 Å². The van der Waals surface area contributed by atoms with Gasteiger partial charge in [0.15, 0.2) is 5.76 Å². The highest BCUT2D eigenvalue weighted by molar-refractivity contribution is 6.32. The van der Waals surface area contributed by atoms with Crippen molar-refractivity contribution in [1.82, 2.24) is 10.2 Å². The molecule has 2 unspecified atom stereocenters. The van der Waals surface area contributed by atoms with E-state index in [1.807, 2.05) is 42.5 Å². The zero-order chi connectivity index (χ0) is 22.5. The number of halogens is 2. The molecule has 4 rings (SSSR count). The molecule has 5 nitrogen and oxygen atoms in total. The van der Waals surface area contributed by atoms with Crippen LogP contribution < -0.4 is 5.32 Å². The molecule has 2 aromatic rings. The van der Waals surface area contributed by atoms with Crippen molar-refractivity contribution in [3.05, 3.63) is 75.5 Å². The fourth-order valence-electron chi connectivity index (χ4n) is 4.30. The maximum atomic E-state index is 13.3. The predicted molar refractivity (Wildman–Crippen MR) is 126 cm³/mol. The van der Waals surface area contributed by atoms with Crippen LogP contribution in [-0.4, -0.2) is 41.9 Å². The highest BCUT2D eigenvalue weighted by atomic mass is 35.5. The van der Waals surface area contributed by atoms with Gasteiger partial charge in [0.05, 0.1) is 6.04 Å². The van der Waals surface area contributed by atoms with Crippen molar-refractivity contribution in [3.8, 4) is 0 Å². The molecule has 1 aliphatic heterocycles. The highest BCUT2D eigenvalue weighted by Gasteiger charge is 2.42. The molecule has 1 saturated heterocycles. The molecule has 0 spiro atoms. The van der Waals surface area contributed by atoms with Gasteiger partial charge in [-0.2, -0.15) is 0 Å². The smallest absolute Gasteiger partial charge is 0.289 e. The predicted octanol–water partition coefficient (Wildman–Crippen LogP) is 4.86. The molecule has 7 heteroatoms. The average Bonchev–Trinajstić information content (AvgIpc) is 2.79. The van der Waals surface area contributed by atoms with Crippen LogP contribution >= 0.6 is 23.2 Å². The first-order valence-corrected chi connectivity index (χ1v) is 11.7. The second kappa shape index (κ2) is 10.4. The van der Waals surface area contributed by atoms with E-state index in [2.05, 4.69) is 5.32 Å². The van der Waals surface area contributed by atoms with Gasteiger partial charge in [0.1, 0.15) is 12.6 Å². The fraction of sp³-hybridized carbons (Fsp3) is 0.360. The summed E-state index contributed by atoms with van der Waals surface area (Å²) >= 11 is 12.2. The van der Waals surface area contributed by atoms with Gasteiger partial charge < -0.3 is 15.0 Å². The van der Waals surface area contributed by atoms with E-state index in [9.17, 15) is 9.59 Å². The number of ether oxygens (including phenoxy) is 1. The average molecular weight is 473 g/mol. The van der Waals surface area contributed by atoms with Gasteiger partial charge in [-0.25, -0.2) is 0 Å². The first-order valence-electron chi connectivity index (χ1n) is 11.0. The Morgan fingerprint density at radius 2 is 1.84 bits per heavy atom. The Kier molecular flexibility index (Phi) is 7.38. The van der Waals surface area contributed by atoms with Crippen LogP contribution in [0.5, 0.6) is 0 Å². The molecule has 2 aromatic carbocycles. The summed E-state index contributed by atoms with van der Waals surface area (Å²) in [5.74, 6) is -0.188. The van der Waals surface area contributed by atoms with E-state index in [1.54, 1.807) is 17.0 Å². The number of morpholine rings is 1. The molecular formula is C25H26Cl2N2O3. The number of benzene rings is 2. The molecule has 2 fully saturated rings. The van der Waals surface area contributed by atoms with Crippen molar-refractivity contribution < 1.29 is 14.3 Å². The number of hydrogen-bond acceptors (Lipinski definition) is 3. The van der Waals surface area contributed by atoms with Crippen molar-refractivity contribution in [2.24, 2.45) is 0 Å². The summed E-state index contributed by atoms with van der Waals surface area (Å²) in [6.45, 7) is 0.513. The number of carbonyl (C=O) groups excluding carboxylic acids is 2. The summed E-state index contributed by atoms with van der Waals surface area (Å²) in [6.07, 6.45) is 6.06. The van der Waals surface area contributed by atoms with Crippen molar-refractivity contribution in [2.45, 2.75) is 44.2 Å². The Hall–Kier alpha value is -2.50. The zero-order valence-corrected chi connectivity index (χ0v) is 19.2. The van der Waals surface area contributed by atoms with Crippen LogP contribution in [0, 0.1) is 0 Å². The maximum Gasteiger partial charge on any atom is 0.289 e. The zero-order valence-electron chi connectivity index (χ0n) is 17.7. The lowest BCUT2D eigenvalue weighted by molar-refractivity contribution is -0.151. The molecule has 1 saturated carbocycles. The molecular weight excluding hydrogens is 447 g/mol. The number of nitrogens with zero attached hydrogens (tertiary/aromatic N) is 1. The monoisotopic (exact) mass is 472 g/mol. The van der Waals surface area contributed by atoms with Crippen molar-refractivity contribution in [1.29, 1.82) is 0 Å². The SMILES string of the molecule is O=C(CN1C(=O)/C(=C\c2ccccc2Cl)OC2CCCCC21)NCCc1ccc(Cl)cc1. The normalized spacial score (nSPS) is 21.8. The lowest BCUT2D eigenvalue weighted by atomic mass is 9.89. The van der Waals surface area contributed by atoms with E-state index >= 15 is 0 Å². The quantitative estimate of drug-likeness (QED) is 0.610. The first kappa shape index (κ1) is 22.7. The molecule has 2 atom stereocenters. The number of carbonyl (C=O) groups is 2. The van der Waals surface area contributed by atoms with E-state index in [0.717, 1.165) is 36.8 Å². The van der Waals surface area contributed by atoms with Crippen LogP contribution in [0.4, 0.5) is 0 Å². The minimum absolute atomic E-state index is 0.0177. The molecule has 2 amide bonds. The first-order chi connectivity index (χ1) is 15.5. The largest absolute Gasteiger partial charge is 0.482 e. The molecule has 1 aliphatic carbocycles. The summed E-state index contributed by atoms with van der Waals surface area (Å²) in [6, 6.07) is 14.8. The van der Waals surface area contributed by atoms with Gasteiger partial charge >= 0.3 is 0 Å². The summed E-state index contributed by atoms with van der Waals surface area (Å²) < 4.78 is 6.09. The van der Waals surface area contributed by atoms with Crippen molar-refractivity contribution in [3.63, 3.8) is 0 Å². The summed E-state index contributed by atoms with van der Waals surface area (Å²) in [7, 11) is 0. The summed E-state index contributed by atoms with van der Waals surface area (Å²) in [5, 5.41) is 4.17. The standard InChI is InChI=1S/C25H26Cl2N2O3/c26-19-11-9-17(10-12-19)13-14-28-24(30)16-29-21-7-3-4-8-22(21)32-23(25(29)31)15-18-5-1-2-6-20(18)27/h1-2,5-6,9-12,15,21-22H,3-4,7-8,13-14,16H2,(H,28,30)/b23-15+. The third kappa shape index (κ3) is 5.45. The molecule has 0 aromatic heterocycles. The third-order valence-electron chi connectivity index (χ3n) is 5.97. The van der Waals surface area contributed by atoms with Gasteiger partial charge in [-0.05, 0) is 61.1 Å². The van der Waals surface area contributed by atoms with Crippen LogP contribution in [0.2, 0.25) is 10.0 Å². The second-order valence-electron chi connectivity index (χ2n) is 8.20. The van der Waals surface area contributed by atoms with Crippen LogP contribution in [0.25, 0.3) is 6.08 Å². The molecule has 32 heavy (non-hydrogen) atoms. The van der Waals surface area contributed by atoms with E-state index in [1.165, 1.54) is 0 Å². The lowest BCUT2D eigenvalue weighted by Gasteiger charge is -2.44. The van der Waals surface area contributed by atoms with Gasteiger partial charge in [-0.15, -0.1) is 0 Å². The van der Waals surface area contributed by atoms with Crippen LogP contribution in [0.1, 0.15) is 36.8 Å². The molecule has 0 bridgehead atoms. The Bertz CT molecular complexity index is 1010. The van der Waals surface area contributed by atoms with Crippen LogP contribution in [0.15, 0.2) is 54.3 Å². The van der Waals surface area contributed by atoms with Crippen molar-refractivity contribution >= 4 is 41.1 Å². The summed E-state index contributed by atoms with van der Waals surface area (Å²) in [5.41, 5.74) is 1.81. The van der Waals surface area contributed by atoms with Crippen LogP contribution in [-0.2, 0) is 20.7 Å².